The normalized spacial score (nSPS) is 11.3. The maximum absolute atomic E-state index is 12.8. The molecule has 5 rings (SSSR count). The van der Waals surface area contributed by atoms with Crippen molar-refractivity contribution in [3.63, 3.8) is 0 Å². The van der Waals surface area contributed by atoms with Crippen molar-refractivity contribution in [2.24, 2.45) is 0 Å². The number of amides is 1. The largest absolute Gasteiger partial charge is 0.422 e. The van der Waals surface area contributed by atoms with Crippen LogP contribution in [0.2, 0.25) is 5.02 Å². The lowest BCUT2D eigenvalue weighted by atomic mass is 10.2. The average molecular weight is 437 g/mol. The maximum atomic E-state index is 12.8. The summed E-state index contributed by atoms with van der Waals surface area (Å²) in [6.45, 7) is 1.80. The van der Waals surface area contributed by atoms with E-state index in [4.69, 9.17) is 16.0 Å². The van der Waals surface area contributed by atoms with Crippen LogP contribution in [-0.4, -0.2) is 20.7 Å². The van der Waals surface area contributed by atoms with Crippen LogP contribution >= 0.6 is 22.9 Å². The van der Waals surface area contributed by atoms with Gasteiger partial charge in [-0.1, -0.05) is 47.2 Å². The van der Waals surface area contributed by atoms with E-state index in [1.807, 2.05) is 12.1 Å². The molecule has 30 heavy (non-hydrogen) atoms. The highest BCUT2D eigenvalue weighted by Gasteiger charge is 2.19. The molecule has 0 unspecified atom stereocenters. The Labute approximate surface area is 178 Å². The lowest BCUT2D eigenvalue weighted by Crippen LogP contribution is -2.22. The fourth-order valence-corrected chi connectivity index (χ4v) is 4.36. The molecule has 0 spiro atoms. The molecule has 0 bridgehead atoms. The van der Waals surface area contributed by atoms with Crippen molar-refractivity contribution in [2.45, 2.75) is 6.92 Å². The molecule has 7 nitrogen and oxygen atoms in total. The number of aromatic nitrogens is 3. The first-order valence-corrected chi connectivity index (χ1v) is 10.2. The third-order valence-corrected chi connectivity index (χ3v) is 5.80. The van der Waals surface area contributed by atoms with Gasteiger partial charge in [-0.15, -0.1) is 0 Å². The molecule has 0 aliphatic carbocycles. The number of anilines is 1. The number of fused-ring (bicyclic) bond motifs is 2. The Morgan fingerprint density at radius 3 is 2.83 bits per heavy atom. The number of hydrogen-bond donors (Lipinski definition) is 1. The van der Waals surface area contributed by atoms with Gasteiger partial charge in [0, 0.05) is 11.5 Å². The van der Waals surface area contributed by atoms with E-state index in [0.717, 1.165) is 4.70 Å². The van der Waals surface area contributed by atoms with Gasteiger partial charge in [0.25, 0.3) is 5.91 Å². The SMILES string of the molecule is Cc1cc(NC(=O)c2cc3ccccc3oc2=O)n(-c2nc3c(Cl)cccc3s2)n1. The minimum atomic E-state index is -0.708. The van der Waals surface area contributed by atoms with Gasteiger partial charge in [0.1, 0.15) is 22.5 Å². The molecule has 0 saturated carbocycles. The number of nitrogens with zero attached hydrogens (tertiary/aromatic N) is 3. The molecule has 0 aliphatic rings. The predicted octanol–water partition coefficient (Wildman–Crippen LogP) is 4.80. The Morgan fingerprint density at radius 2 is 2.00 bits per heavy atom. The molecule has 1 amide bonds. The quantitative estimate of drug-likeness (QED) is 0.410. The topological polar surface area (TPSA) is 90.0 Å². The number of hydrogen-bond acceptors (Lipinski definition) is 6. The summed E-state index contributed by atoms with van der Waals surface area (Å²) in [6, 6.07) is 15.8. The van der Waals surface area contributed by atoms with Crippen LogP contribution in [0, 0.1) is 6.92 Å². The molecule has 9 heteroatoms. The highest BCUT2D eigenvalue weighted by molar-refractivity contribution is 7.20. The molecule has 2 aromatic carbocycles. The third kappa shape index (κ3) is 3.16. The number of carbonyl (C=O) groups is 1. The van der Waals surface area contributed by atoms with Gasteiger partial charge in [-0.3, -0.25) is 4.79 Å². The third-order valence-electron chi connectivity index (χ3n) is 4.50. The smallest absolute Gasteiger partial charge is 0.349 e. The summed E-state index contributed by atoms with van der Waals surface area (Å²) in [6.07, 6.45) is 0. The van der Waals surface area contributed by atoms with Crippen LogP contribution in [0.3, 0.4) is 0 Å². The van der Waals surface area contributed by atoms with E-state index < -0.39 is 11.5 Å². The van der Waals surface area contributed by atoms with Gasteiger partial charge in [-0.2, -0.15) is 9.78 Å². The summed E-state index contributed by atoms with van der Waals surface area (Å²) >= 11 is 7.63. The lowest BCUT2D eigenvalue weighted by Gasteiger charge is -2.06. The van der Waals surface area contributed by atoms with Crippen molar-refractivity contribution in [3.05, 3.63) is 81.3 Å². The van der Waals surface area contributed by atoms with Crippen LogP contribution in [0.25, 0.3) is 26.3 Å². The molecule has 3 aromatic heterocycles. The number of carbonyl (C=O) groups excluding carboxylic acids is 1. The molecular weight excluding hydrogens is 424 g/mol. The van der Waals surface area contributed by atoms with Crippen LogP contribution in [0.15, 0.2) is 63.8 Å². The van der Waals surface area contributed by atoms with E-state index >= 15 is 0 Å². The Balaban J connectivity index is 1.54. The van der Waals surface area contributed by atoms with E-state index in [0.29, 0.717) is 38.2 Å². The molecule has 0 atom stereocenters. The molecule has 0 radical (unpaired) electrons. The number of nitrogens with one attached hydrogen (secondary N) is 1. The zero-order chi connectivity index (χ0) is 20.8. The average Bonchev–Trinajstić information content (AvgIpc) is 3.31. The zero-order valence-corrected chi connectivity index (χ0v) is 17.1. The van der Waals surface area contributed by atoms with Gasteiger partial charge in [0.05, 0.1) is 15.4 Å². The molecular formula is C21H13ClN4O3S. The van der Waals surface area contributed by atoms with Crippen LogP contribution in [0.1, 0.15) is 16.1 Å². The van der Waals surface area contributed by atoms with E-state index in [2.05, 4.69) is 15.4 Å². The van der Waals surface area contributed by atoms with Crippen LogP contribution in [0.4, 0.5) is 5.82 Å². The highest BCUT2D eigenvalue weighted by Crippen LogP contribution is 2.31. The van der Waals surface area contributed by atoms with E-state index in [-0.39, 0.29) is 5.56 Å². The second-order valence-corrected chi connectivity index (χ2v) is 8.02. The van der Waals surface area contributed by atoms with Gasteiger partial charge < -0.3 is 9.73 Å². The minimum Gasteiger partial charge on any atom is -0.422 e. The second-order valence-electron chi connectivity index (χ2n) is 6.61. The first-order chi connectivity index (χ1) is 14.5. The second kappa shape index (κ2) is 7.08. The lowest BCUT2D eigenvalue weighted by molar-refractivity contribution is 0.102. The summed E-state index contributed by atoms with van der Waals surface area (Å²) in [5.74, 6) is -0.199. The number of aryl methyl sites for hydroxylation is 1. The minimum absolute atomic E-state index is 0.0913. The van der Waals surface area contributed by atoms with Crippen molar-refractivity contribution in [1.29, 1.82) is 0 Å². The van der Waals surface area contributed by atoms with Gasteiger partial charge in [0.15, 0.2) is 0 Å². The van der Waals surface area contributed by atoms with Gasteiger partial charge in [-0.05, 0) is 31.2 Å². The Kier molecular flexibility index (Phi) is 4.38. The van der Waals surface area contributed by atoms with E-state index in [1.165, 1.54) is 22.1 Å². The monoisotopic (exact) mass is 436 g/mol. The van der Waals surface area contributed by atoms with Crippen molar-refractivity contribution < 1.29 is 9.21 Å². The van der Waals surface area contributed by atoms with Crippen molar-refractivity contribution in [2.75, 3.05) is 5.32 Å². The van der Waals surface area contributed by atoms with E-state index in [1.54, 1.807) is 43.3 Å². The summed E-state index contributed by atoms with van der Waals surface area (Å²) in [5, 5.41) is 8.92. The zero-order valence-electron chi connectivity index (χ0n) is 15.5. The first kappa shape index (κ1) is 18.5. The fraction of sp³-hybridized carbons (Fsp3) is 0.0476. The number of halogens is 1. The maximum Gasteiger partial charge on any atom is 0.349 e. The van der Waals surface area contributed by atoms with Crippen molar-refractivity contribution in [1.82, 2.24) is 14.8 Å². The Morgan fingerprint density at radius 1 is 1.17 bits per heavy atom. The van der Waals surface area contributed by atoms with Crippen LogP contribution in [-0.2, 0) is 0 Å². The van der Waals surface area contributed by atoms with Crippen LogP contribution in [0.5, 0.6) is 0 Å². The number of thiazole rings is 1. The van der Waals surface area contributed by atoms with Gasteiger partial charge >= 0.3 is 5.63 Å². The molecule has 0 saturated heterocycles. The number of benzene rings is 2. The fourth-order valence-electron chi connectivity index (χ4n) is 3.13. The van der Waals surface area contributed by atoms with Crippen LogP contribution < -0.4 is 10.9 Å². The summed E-state index contributed by atoms with van der Waals surface area (Å²) < 4.78 is 7.69. The first-order valence-electron chi connectivity index (χ1n) is 8.96. The molecule has 3 heterocycles. The predicted molar refractivity (Wildman–Crippen MR) is 117 cm³/mol. The molecule has 5 aromatic rings. The van der Waals surface area contributed by atoms with Gasteiger partial charge in [-0.25, -0.2) is 9.78 Å². The Bertz CT molecular complexity index is 1500. The van der Waals surface area contributed by atoms with E-state index in [9.17, 15) is 9.59 Å². The molecule has 1 N–H and O–H groups in total. The molecule has 0 fully saturated rings. The molecule has 0 aliphatic heterocycles. The summed E-state index contributed by atoms with van der Waals surface area (Å²) in [7, 11) is 0. The van der Waals surface area contributed by atoms with Gasteiger partial charge in [0.2, 0.25) is 5.13 Å². The summed E-state index contributed by atoms with van der Waals surface area (Å²) in [5.41, 5.74) is 0.972. The van der Waals surface area contributed by atoms with Crippen molar-refractivity contribution >= 4 is 55.8 Å². The highest BCUT2D eigenvalue weighted by atomic mass is 35.5. The molecule has 148 valence electrons. The Hall–Kier alpha value is -3.49. The standard InChI is InChI=1S/C21H13ClN4O3S/c1-11-9-17(26(25-11)21-24-18-14(22)6-4-8-16(18)30-21)23-19(27)13-10-12-5-2-3-7-15(12)29-20(13)28/h2-10H,1H3,(H,23,27). The number of rotatable bonds is 3. The summed E-state index contributed by atoms with van der Waals surface area (Å²) in [4.78, 5) is 29.7. The number of para-hydroxylation sites is 2. The van der Waals surface area contributed by atoms with Crippen molar-refractivity contribution in [3.8, 4) is 5.13 Å².